The monoisotopic (exact) mass is 154 g/mol. The van der Waals surface area contributed by atoms with Crippen LogP contribution in [0.4, 0.5) is 4.39 Å². The van der Waals surface area contributed by atoms with Gasteiger partial charge in [-0.15, -0.1) is 0 Å². The summed E-state index contributed by atoms with van der Waals surface area (Å²) in [7, 11) is 0. The summed E-state index contributed by atoms with van der Waals surface area (Å²) in [6, 6.07) is 6.84. The number of aliphatic hydroxyl groups excluding tert-OH is 1. The predicted octanol–water partition coefficient (Wildman–Crippen LogP) is 2.21. The topological polar surface area (TPSA) is 20.2 Å². The Kier molecular flexibility index (Phi) is 2.60. The van der Waals surface area contributed by atoms with E-state index in [2.05, 4.69) is 0 Å². The van der Waals surface area contributed by atoms with Gasteiger partial charge in [0.05, 0.1) is 6.61 Å². The zero-order valence-corrected chi connectivity index (χ0v) is 6.42. The van der Waals surface area contributed by atoms with Crippen LogP contribution in [0.3, 0.4) is 0 Å². The highest BCUT2D eigenvalue weighted by atomic mass is 19.1. The highest BCUT2D eigenvalue weighted by molar-refractivity contribution is 5.23. The van der Waals surface area contributed by atoms with Crippen molar-refractivity contribution in [2.75, 3.05) is 0 Å². The summed E-state index contributed by atoms with van der Waals surface area (Å²) in [6.07, 6.45) is -0.928. The maximum Gasteiger partial charge on any atom is 0.122 e. The third kappa shape index (κ3) is 2.02. The van der Waals surface area contributed by atoms with E-state index in [1.807, 2.05) is 0 Å². The SMILES string of the molecule is CC(F)c1ccc(CO)cc1. The fourth-order valence-electron chi connectivity index (χ4n) is 0.888. The maximum atomic E-state index is 12.6. The van der Waals surface area contributed by atoms with Crippen LogP contribution in [0.15, 0.2) is 24.3 Å². The standard InChI is InChI=1S/C9H11FO/c1-7(10)9-4-2-8(6-11)3-5-9/h2-5,7,11H,6H2,1H3. The smallest absolute Gasteiger partial charge is 0.122 e. The van der Waals surface area contributed by atoms with Crippen LogP contribution in [-0.4, -0.2) is 5.11 Å². The van der Waals surface area contributed by atoms with Crippen LogP contribution in [0, 0.1) is 0 Å². The molecule has 0 saturated carbocycles. The van der Waals surface area contributed by atoms with Gasteiger partial charge in [-0.3, -0.25) is 0 Å². The molecular weight excluding hydrogens is 143 g/mol. The lowest BCUT2D eigenvalue weighted by Gasteiger charge is -2.01. The Morgan fingerprint density at radius 3 is 2.27 bits per heavy atom. The molecule has 1 atom stereocenters. The van der Waals surface area contributed by atoms with Gasteiger partial charge >= 0.3 is 0 Å². The van der Waals surface area contributed by atoms with Crippen molar-refractivity contribution in [2.24, 2.45) is 0 Å². The minimum atomic E-state index is -0.928. The summed E-state index contributed by atoms with van der Waals surface area (Å²) in [5, 5.41) is 8.67. The van der Waals surface area contributed by atoms with E-state index in [4.69, 9.17) is 5.11 Å². The van der Waals surface area contributed by atoms with Gasteiger partial charge in [-0.05, 0) is 18.1 Å². The third-order valence-electron chi connectivity index (χ3n) is 1.62. The molecule has 0 aliphatic heterocycles. The molecule has 1 rings (SSSR count). The van der Waals surface area contributed by atoms with Gasteiger partial charge in [0.2, 0.25) is 0 Å². The molecular formula is C9H11FO. The highest BCUT2D eigenvalue weighted by Crippen LogP contribution is 2.16. The number of hydrogen-bond acceptors (Lipinski definition) is 1. The van der Waals surface area contributed by atoms with Gasteiger partial charge in [0.15, 0.2) is 0 Å². The highest BCUT2D eigenvalue weighted by Gasteiger charge is 2.00. The van der Waals surface area contributed by atoms with Crippen LogP contribution >= 0.6 is 0 Å². The molecule has 1 unspecified atom stereocenters. The van der Waals surface area contributed by atoms with E-state index >= 15 is 0 Å². The van der Waals surface area contributed by atoms with E-state index in [1.165, 1.54) is 6.92 Å². The van der Waals surface area contributed by atoms with Crippen molar-refractivity contribution in [1.82, 2.24) is 0 Å². The van der Waals surface area contributed by atoms with Crippen LogP contribution in [0.25, 0.3) is 0 Å². The van der Waals surface area contributed by atoms with Crippen molar-refractivity contribution in [3.63, 3.8) is 0 Å². The van der Waals surface area contributed by atoms with E-state index < -0.39 is 6.17 Å². The molecule has 1 nitrogen and oxygen atoms in total. The first-order chi connectivity index (χ1) is 5.24. The Bertz CT molecular complexity index is 216. The predicted molar refractivity (Wildman–Crippen MR) is 41.9 cm³/mol. The van der Waals surface area contributed by atoms with E-state index in [9.17, 15) is 4.39 Å². The zero-order valence-electron chi connectivity index (χ0n) is 6.42. The molecule has 0 radical (unpaired) electrons. The van der Waals surface area contributed by atoms with Gasteiger partial charge in [0.1, 0.15) is 6.17 Å². The van der Waals surface area contributed by atoms with Gasteiger partial charge in [-0.2, -0.15) is 0 Å². The van der Waals surface area contributed by atoms with E-state index in [1.54, 1.807) is 24.3 Å². The first kappa shape index (κ1) is 8.21. The Morgan fingerprint density at radius 2 is 1.91 bits per heavy atom. The molecule has 0 aromatic heterocycles. The van der Waals surface area contributed by atoms with Crippen molar-refractivity contribution in [3.8, 4) is 0 Å². The molecule has 0 bridgehead atoms. The molecule has 0 fully saturated rings. The lowest BCUT2D eigenvalue weighted by Crippen LogP contribution is -1.87. The summed E-state index contributed by atoms with van der Waals surface area (Å²) in [5.41, 5.74) is 1.47. The van der Waals surface area contributed by atoms with Gasteiger partial charge in [0, 0.05) is 0 Å². The minimum Gasteiger partial charge on any atom is -0.392 e. The minimum absolute atomic E-state index is 0.0148. The summed E-state index contributed by atoms with van der Waals surface area (Å²) in [5.74, 6) is 0. The number of halogens is 1. The lowest BCUT2D eigenvalue weighted by molar-refractivity contribution is 0.281. The largest absolute Gasteiger partial charge is 0.392 e. The summed E-state index contributed by atoms with van der Waals surface area (Å²) in [4.78, 5) is 0. The van der Waals surface area contributed by atoms with Crippen molar-refractivity contribution in [3.05, 3.63) is 35.4 Å². The van der Waals surface area contributed by atoms with Gasteiger partial charge < -0.3 is 5.11 Å². The average molecular weight is 154 g/mol. The molecule has 2 heteroatoms. The summed E-state index contributed by atoms with van der Waals surface area (Å²) >= 11 is 0. The van der Waals surface area contributed by atoms with Crippen molar-refractivity contribution < 1.29 is 9.50 Å². The van der Waals surface area contributed by atoms with Crippen LogP contribution in [0.5, 0.6) is 0 Å². The number of alkyl halides is 1. The lowest BCUT2D eigenvalue weighted by atomic mass is 10.1. The fourth-order valence-corrected chi connectivity index (χ4v) is 0.888. The second-order valence-electron chi connectivity index (χ2n) is 2.52. The van der Waals surface area contributed by atoms with Crippen molar-refractivity contribution in [1.29, 1.82) is 0 Å². The maximum absolute atomic E-state index is 12.6. The number of rotatable bonds is 2. The summed E-state index contributed by atoms with van der Waals surface area (Å²) in [6.45, 7) is 1.51. The third-order valence-corrected chi connectivity index (χ3v) is 1.62. The second-order valence-corrected chi connectivity index (χ2v) is 2.52. The zero-order chi connectivity index (χ0) is 8.27. The molecule has 0 amide bonds. The van der Waals surface area contributed by atoms with Crippen LogP contribution in [0.1, 0.15) is 24.2 Å². The molecule has 1 aromatic rings. The Hall–Kier alpha value is -0.890. The second kappa shape index (κ2) is 3.49. The first-order valence-electron chi connectivity index (χ1n) is 3.58. The molecule has 0 heterocycles. The Labute approximate surface area is 65.5 Å². The van der Waals surface area contributed by atoms with Crippen LogP contribution in [0.2, 0.25) is 0 Å². The molecule has 60 valence electrons. The molecule has 0 aliphatic carbocycles. The fraction of sp³-hybridized carbons (Fsp3) is 0.333. The first-order valence-corrected chi connectivity index (χ1v) is 3.58. The van der Waals surface area contributed by atoms with Gasteiger partial charge in [0.25, 0.3) is 0 Å². The number of aliphatic hydroxyl groups is 1. The molecule has 11 heavy (non-hydrogen) atoms. The van der Waals surface area contributed by atoms with E-state index in [0.717, 1.165) is 5.56 Å². The molecule has 0 aliphatic rings. The molecule has 1 N–H and O–H groups in total. The van der Waals surface area contributed by atoms with Crippen molar-refractivity contribution >= 4 is 0 Å². The summed E-state index contributed by atoms with van der Waals surface area (Å²) < 4.78 is 12.6. The van der Waals surface area contributed by atoms with Crippen molar-refractivity contribution in [2.45, 2.75) is 19.7 Å². The van der Waals surface area contributed by atoms with Crippen LogP contribution < -0.4 is 0 Å². The molecule has 1 aromatic carbocycles. The molecule has 0 spiro atoms. The van der Waals surface area contributed by atoms with Gasteiger partial charge in [-0.1, -0.05) is 24.3 Å². The Morgan fingerprint density at radius 1 is 1.36 bits per heavy atom. The Balaban J connectivity index is 2.83. The van der Waals surface area contributed by atoms with E-state index in [0.29, 0.717) is 5.56 Å². The van der Waals surface area contributed by atoms with E-state index in [-0.39, 0.29) is 6.61 Å². The van der Waals surface area contributed by atoms with Crippen LogP contribution in [-0.2, 0) is 6.61 Å². The normalized spacial score (nSPS) is 13.0. The number of benzene rings is 1. The quantitative estimate of drug-likeness (QED) is 0.692. The molecule has 0 saturated heterocycles. The average Bonchev–Trinajstić information content (AvgIpc) is 2.05. The number of hydrogen-bond donors (Lipinski definition) is 1. The van der Waals surface area contributed by atoms with Gasteiger partial charge in [-0.25, -0.2) is 4.39 Å².